The summed E-state index contributed by atoms with van der Waals surface area (Å²) in [6.07, 6.45) is 3.63. The molecule has 0 amide bonds. The molecule has 3 N–H and O–H groups in total. The Bertz CT molecular complexity index is 1510. The molecule has 1 aliphatic rings. The highest BCUT2D eigenvalue weighted by Gasteiger charge is 2.54. The zero-order valence-electron chi connectivity index (χ0n) is 18.9. The van der Waals surface area contributed by atoms with E-state index in [2.05, 4.69) is 14.7 Å². The molecular weight excluding hydrogens is 480 g/mol. The molecule has 0 atom stereocenters. The first-order chi connectivity index (χ1) is 16.5. The third-order valence-electron chi connectivity index (χ3n) is 5.86. The van der Waals surface area contributed by atoms with Gasteiger partial charge in [0.15, 0.2) is 0 Å². The predicted molar refractivity (Wildman–Crippen MR) is 130 cm³/mol. The molecule has 0 unspecified atom stereocenters. The van der Waals surface area contributed by atoms with E-state index in [-0.39, 0.29) is 24.2 Å². The number of sulfonamides is 1. The second-order valence-corrected chi connectivity index (χ2v) is 10.2. The number of hydrogen-bond donors (Lipinski definition) is 3. The summed E-state index contributed by atoms with van der Waals surface area (Å²) >= 11 is 0. The Morgan fingerprint density at radius 2 is 1.80 bits per heavy atom. The molecule has 1 saturated carbocycles. The number of hydrogen-bond acceptors (Lipinski definition) is 5. The average Bonchev–Trinajstić information content (AvgIpc) is 3.59. The maximum absolute atomic E-state index is 14.0. The van der Waals surface area contributed by atoms with Crippen LogP contribution in [0.25, 0.3) is 23.3 Å². The van der Waals surface area contributed by atoms with Crippen LogP contribution in [0.5, 0.6) is 5.75 Å². The van der Waals surface area contributed by atoms with Gasteiger partial charge in [0.2, 0.25) is 16.4 Å². The molecule has 0 spiro atoms. The normalized spacial score (nSPS) is 14.9. The third kappa shape index (κ3) is 5.19. The van der Waals surface area contributed by atoms with Crippen LogP contribution in [0.1, 0.15) is 29.5 Å². The van der Waals surface area contributed by atoms with Gasteiger partial charge in [-0.15, -0.1) is 0 Å². The number of anilines is 1. The van der Waals surface area contributed by atoms with Crippen molar-refractivity contribution in [2.24, 2.45) is 0 Å². The Labute approximate surface area is 199 Å². The first-order valence-corrected chi connectivity index (χ1v) is 12.5. The van der Waals surface area contributed by atoms with Crippen LogP contribution >= 0.6 is 0 Å². The average molecular weight is 504 g/mol. The van der Waals surface area contributed by atoms with Gasteiger partial charge in [0.25, 0.3) is 5.56 Å². The summed E-state index contributed by atoms with van der Waals surface area (Å²) in [5.74, 6) is 0.277. The quantitative estimate of drug-likeness (QED) is 0.406. The van der Waals surface area contributed by atoms with Crippen LogP contribution in [0.3, 0.4) is 0 Å². The molecule has 184 valence electrons. The smallest absolute Gasteiger partial charge is 0.325 e. The minimum atomic E-state index is -3.41. The van der Waals surface area contributed by atoms with Crippen LogP contribution in [0.2, 0.25) is 0 Å². The van der Waals surface area contributed by atoms with Crippen molar-refractivity contribution in [3.05, 3.63) is 80.1 Å². The maximum Gasteiger partial charge on any atom is 0.325 e. The molecular formula is C24H23F2N3O5S. The zero-order valence-corrected chi connectivity index (χ0v) is 19.7. The van der Waals surface area contributed by atoms with Crippen LogP contribution in [0, 0.1) is 0 Å². The van der Waals surface area contributed by atoms with Crippen molar-refractivity contribution in [3.63, 3.8) is 0 Å². The molecule has 1 fully saturated rings. The van der Waals surface area contributed by atoms with Gasteiger partial charge in [-0.05, 0) is 48.2 Å². The molecule has 0 aliphatic heterocycles. The molecule has 3 aromatic rings. The number of aromatic amines is 2. The maximum atomic E-state index is 14.0. The summed E-state index contributed by atoms with van der Waals surface area (Å²) in [6.45, 7) is 0. The standard InChI is InChI=1S/C24H23F2N3O5S/c1-34-20-15(6-3-14-4-7-17(8-5-14)29-35(2,32)33)11-16(18-13-27-23(31)28-21(18)30)12-19(20)24(9-10-24)22(25)26/h3-8,11-13,22,29H,9-10H2,1-2H3,(H2,27,28,30,31)/b6-3+. The number of halogens is 2. The van der Waals surface area contributed by atoms with Crippen LogP contribution in [0.4, 0.5) is 14.5 Å². The van der Waals surface area contributed by atoms with Crippen molar-refractivity contribution in [1.82, 2.24) is 9.97 Å². The van der Waals surface area contributed by atoms with E-state index in [0.29, 0.717) is 22.4 Å². The second kappa shape index (κ2) is 9.14. The van der Waals surface area contributed by atoms with Gasteiger partial charge in [0, 0.05) is 23.0 Å². The van der Waals surface area contributed by atoms with Crippen LogP contribution < -0.4 is 20.7 Å². The Balaban J connectivity index is 1.81. The molecule has 1 heterocycles. The second-order valence-electron chi connectivity index (χ2n) is 8.42. The van der Waals surface area contributed by atoms with Gasteiger partial charge in [0.1, 0.15) is 5.75 Å². The first-order valence-electron chi connectivity index (χ1n) is 10.6. The lowest BCUT2D eigenvalue weighted by Crippen LogP contribution is -2.23. The lowest BCUT2D eigenvalue weighted by molar-refractivity contribution is 0.100. The van der Waals surface area contributed by atoms with E-state index in [4.69, 9.17) is 4.74 Å². The summed E-state index contributed by atoms with van der Waals surface area (Å²) in [5, 5.41) is 0. The van der Waals surface area contributed by atoms with Gasteiger partial charge in [0.05, 0.1) is 24.3 Å². The number of benzene rings is 2. The van der Waals surface area contributed by atoms with E-state index >= 15 is 0 Å². The number of ether oxygens (including phenoxy) is 1. The molecule has 4 rings (SSSR count). The molecule has 35 heavy (non-hydrogen) atoms. The summed E-state index contributed by atoms with van der Waals surface area (Å²) < 4.78 is 58.8. The molecule has 2 aromatic carbocycles. The van der Waals surface area contributed by atoms with Gasteiger partial charge in [-0.3, -0.25) is 14.5 Å². The highest BCUT2D eigenvalue weighted by atomic mass is 32.2. The van der Waals surface area contributed by atoms with E-state index in [0.717, 1.165) is 11.8 Å². The van der Waals surface area contributed by atoms with Crippen molar-refractivity contribution < 1.29 is 21.9 Å². The lowest BCUT2D eigenvalue weighted by Gasteiger charge is -2.21. The molecule has 11 heteroatoms. The minimum absolute atomic E-state index is 0.129. The van der Waals surface area contributed by atoms with Crippen LogP contribution in [-0.4, -0.2) is 38.2 Å². The Morgan fingerprint density at radius 3 is 2.34 bits per heavy atom. The van der Waals surface area contributed by atoms with E-state index in [1.54, 1.807) is 42.5 Å². The topological polar surface area (TPSA) is 121 Å². The van der Waals surface area contributed by atoms with E-state index < -0.39 is 33.1 Å². The van der Waals surface area contributed by atoms with Crippen molar-refractivity contribution in [2.45, 2.75) is 24.7 Å². The number of methoxy groups -OCH3 is 1. The predicted octanol–water partition coefficient (Wildman–Crippen LogP) is 3.58. The van der Waals surface area contributed by atoms with Crippen molar-refractivity contribution in [1.29, 1.82) is 0 Å². The van der Waals surface area contributed by atoms with E-state index in [9.17, 15) is 26.8 Å². The van der Waals surface area contributed by atoms with Crippen molar-refractivity contribution in [3.8, 4) is 16.9 Å². The highest BCUT2D eigenvalue weighted by Crippen LogP contribution is 2.56. The number of H-pyrrole nitrogens is 2. The molecule has 8 nitrogen and oxygen atoms in total. The van der Waals surface area contributed by atoms with E-state index in [1.165, 1.54) is 19.4 Å². The van der Waals surface area contributed by atoms with E-state index in [1.807, 2.05) is 0 Å². The first kappa shape index (κ1) is 24.4. The van der Waals surface area contributed by atoms with Gasteiger partial charge < -0.3 is 9.72 Å². The lowest BCUT2D eigenvalue weighted by atomic mass is 9.89. The van der Waals surface area contributed by atoms with Crippen molar-refractivity contribution in [2.75, 3.05) is 18.1 Å². The van der Waals surface area contributed by atoms with Crippen LogP contribution in [0.15, 0.2) is 52.2 Å². The fraction of sp³-hybridized carbons (Fsp3) is 0.250. The Hall–Kier alpha value is -3.73. The van der Waals surface area contributed by atoms with Gasteiger partial charge in [-0.25, -0.2) is 22.0 Å². The SMILES string of the molecule is COc1c(/C=C/c2ccc(NS(C)(=O)=O)cc2)cc(-c2c[nH]c(=O)[nH]c2=O)cc1C1(C(F)F)CC1. The third-order valence-corrected chi connectivity index (χ3v) is 6.47. The van der Waals surface area contributed by atoms with Gasteiger partial charge >= 0.3 is 5.69 Å². The molecule has 0 radical (unpaired) electrons. The summed E-state index contributed by atoms with van der Waals surface area (Å²) in [7, 11) is -2.01. The Morgan fingerprint density at radius 1 is 1.11 bits per heavy atom. The van der Waals surface area contributed by atoms with Gasteiger partial charge in [-0.1, -0.05) is 24.3 Å². The van der Waals surface area contributed by atoms with Crippen molar-refractivity contribution >= 4 is 27.9 Å². The number of aromatic nitrogens is 2. The molecule has 1 aliphatic carbocycles. The minimum Gasteiger partial charge on any atom is -0.496 e. The summed E-state index contributed by atoms with van der Waals surface area (Å²) in [6, 6.07) is 9.71. The van der Waals surface area contributed by atoms with Crippen LogP contribution in [-0.2, 0) is 15.4 Å². The number of alkyl halides is 2. The fourth-order valence-electron chi connectivity index (χ4n) is 3.95. The summed E-state index contributed by atoms with van der Waals surface area (Å²) in [4.78, 5) is 28.4. The zero-order chi connectivity index (χ0) is 25.4. The highest BCUT2D eigenvalue weighted by molar-refractivity contribution is 7.92. The van der Waals surface area contributed by atoms with Gasteiger partial charge in [-0.2, -0.15) is 0 Å². The molecule has 1 aromatic heterocycles. The number of nitrogens with one attached hydrogen (secondary N) is 3. The summed E-state index contributed by atoms with van der Waals surface area (Å²) in [5.41, 5.74) is -0.310. The monoisotopic (exact) mass is 503 g/mol. The largest absolute Gasteiger partial charge is 0.496 e. The Kier molecular flexibility index (Phi) is 6.37. The molecule has 0 saturated heterocycles. The molecule has 0 bridgehead atoms. The fourth-order valence-corrected chi connectivity index (χ4v) is 4.52. The number of rotatable bonds is 8.